The second-order valence-corrected chi connectivity index (χ2v) is 5.20. The molecule has 0 aliphatic heterocycles. The first-order valence-corrected chi connectivity index (χ1v) is 7.21. The third-order valence-electron chi connectivity index (χ3n) is 2.73. The highest BCUT2D eigenvalue weighted by atomic mass is 32.1. The van der Waals surface area contributed by atoms with Gasteiger partial charge in [0.1, 0.15) is 6.61 Å². The highest BCUT2D eigenvalue weighted by Crippen LogP contribution is 2.21. The summed E-state index contributed by atoms with van der Waals surface area (Å²) in [6.45, 7) is 0.189. The number of carboxylic acid groups (broad SMARTS) is 1. The van der Waals surface area contributed by atoms with E-state index in [0.29, 0.717) is 4.88 Å². The maximum atomic E-state index is 11.7. The first-order valence-electron chi connectivity index (χ1n) is 6.33. The zero-order chi connectivity index (χ0) is 15.1. The Balaban J connectivity index is 1.92. The molecule has 0 atom stereocenters. The Labute approximate surface area is 126 Å². The lowest BCUT2D eigenvalue weighted by Crippen LogP contribution is -2.05. The summed E-state index contributed by atoms with van der Waals surface area (Å²) >= 11 is 1.32. The van der Waals surface area contributed by atoms with Gasteiger partial charge in [-0.05, 0) is 17.0 Å². The van der Waals surface area contributed by atoms with Gasteiger partial charge in [0.15, 0.2) is 0 Å². The Morgan fingerprint density at radius 2 is 1.90 bits per heavy atom. The molecule has 0 unspecified atom stereocenters. The minimum Gasteiger partial charge on any atom is -0.478 e. The van der Waals surface area contributed by atoms with Crippen LogP contribution in [0.2, 0.25) is 0 Å². The maximum Gasteiger partial charge on any atom is 0.336 e. The Bertz CT molecular complexity index is 630. The van der Waals surface area contributed by atoms with Crippen molar-refractivity contribution >= 4 is 28.8 Å². The van der Waals surface area contributed by atoms with Crippen molar-refractivity contribution in [3.63, 3.8) is 0 Å². The topological polar surface area (TPSA) is 63.6 Å². The number of ether oxygens (including phenoxy) is 1. The smallest absolute Gasteiger partial charge is 0.336 e. The molecule has 2 rings (SSSR count). The summed E-state index contributed by atoms with van der Waals surface area (Å²) in [7, 11) is 0. The Kier molecular flexibility index (Phi) is 5.29. The summed E-state index contributed by atoms with van der Waals surface area (Å²) < 4.78 is 5.10. The molecule has 108 valence electrons. The van der Waals surface area contributed by atoms with Gasteiger partial charge in [-0.25, -0.2) is 4.79 Å². The third-order valence-corrected chi connectivity index (χ3v) is 3.64. The summed E-state index contributed by atoms with van der Waals surface area (Å²) in [5.74, 6) is -1.50. The SMILES string of the molecule is O=C(CC=C(C(=O)O)c1cccs1)OCc1ccccc1. The summed E-state index contributed by atoms with van der Waals surface area (Å²) in [6, 6.07) is 12.8. The van der Waals surface area contributed by atoms with Crippen molar-refractivity contribution in [1.82, 2.24) is 0 Å². The summed E-state index contributed by atoms with van der Waals surface area (Å²) in [6.07, 6.45) is 1.33. The normalized spacial score (nSPS) is 11.1. The summed E-state index contributed by atoms with van der Waals surface area (Å²) in [4.78, 5) is 23.5. The van der Waals surface area contributed by atoms with Crippen molar-refractivity contribution < 1.29 is 19.4 Å². The number of aliphatic carboxylic acids is 1. The second kappa shape index (κ2) is 7.40. The van der Waals surface area contributed by atoms with Gasteiger partial charge in [-0.3, -0.25) is 4.79 Å². The van der Waals surface area contributed by atoms with E-state index in [2.05, 4.69) is 0 Å². The van der Waals surface area contributed by atoms with E-state index in [1.807, 2.05) is 30.3 Å². The molecule has 0 aliphatic rings. The van der Waals surface area contributed by atoms with Crippen molar-refractivity contribution in [1.29, 1.82) is 0 Å². The van der Waals surface area contributed by atoms with Crippen molar-refractivity contribution in [2.24, 2.45) is 0 Å². The number of esters is 1. The van der Waals surface area contributed by atoms with Gasteiger partial charge in [0.25, 0.3) is 0 Å². The number of hydrogen-bond donors (Lipinski definition) is 1. The molecular formula is C16H14O4S. The van der Waals surface area contributed by atoms with E-state index in [9.17, 15) is 9.59 Å². The van der Waals surface area contributed by atoms with Crippen molar-refractivity contribution in [2.45, 2.75) is 13.0 Å². The highest BCUT2D eigenvalue weighted by molar-refractivity contribution is 7.11. The number of carboxylic acids is 1. The maximum absolute atomic E-state index is 11.7. The zero-order valence-corrected chi connectivity index (χ0v) is 12.0. The van der Waals surface area contributed by atoms with Gasteiger partial charge in [0.05, 0.1) is 12.0 Å². The van der Waals surface area contributed by atoms with E-state index in [-0.39, 0.29) is 18.6 Å². The molecule has 1 aromatic carbocycles. The minimum absolute atomic E-state index is 0.0631. The first-order chi connectivity index (χ1) is 10.2. The van der Waals surface area contributed by atoms with Crippen LogP contribution in [0.25, 0.3) is 5.57 Å². The molecule has 0 saturated carbocycles. The molecule has 5 heteroatoms. The van der Waals surface area contributed by atoms with Crippen LogP contribution in [0.15, 0.2) is 53.9 Å². The lowest BCUT2D eigenvalue weighted by molar-refractivity contribution is -0.143. The Morgan fingerprint density at radius 3 is 2.52 bits per heavy atom. The molecular weight excluding hydrogens is 288 g/mol. The largest absolute Gasteiger partial charge is 0.478 e. The number of carbonyl (C=O) groups excluding carboxylic acids is 1. The molecule has 1 aromatic heterocycles. The van der Waals surface area contributed by atoms with Crippen LogP contribution in [0.1, 0.15) is 16.9 Å². The van der Waals surface area contributed by atoms with Crippen LogP contribution in [-0.2, 0) is 20.9 Å². The Morgan fingerprint density at radius 1 is 1.14 bits per heavy atom. The van der Waals surface area contributed by atoms with Gasteiger partial charge in [0, 0.05) is 4.88 Å². The minimum atomic E-state index is -1.05. The van der Waals surface area contributed by atoms with Gasteiger partial charge in [-0.1, -0.05) is 42.5 Å². The standard InChI is InChI=1S/C16H14O4S/c17-15(20-11-12-5-2-1-3-6-12)9-8-13(16(18)19)14-7-4-10-21-14/h1-8,10H,9,11H2,(H,18,19). The molecule has 0 fully saturated rings. The zero-order valence-electron chi connectivity index (χ0n) is 11.2. The van der Waals surface area contributed by atoms with Crippen LogP contribution in [-0.4, -0.2) is 17.0 Å². The molecule has 1 heterocycles. The Hall–Kier alpha value is -2.40. The van der Waals surface area contributed by atoms with Crippen LogP contribution >= 0.6 is 11.3 Å². The molecule has 0 radical (unpaired) electrons. The molecule has 21 heavy (non-hydrogen) atoms. The van der Waals surface area contributed by atoms with Gasteiger partial charge in [0.2, 0.25) is 0 Å². The van der Waals surface area contributed by atoms with Crippen LogP contribution in [0, 0.1) is 0 Å². The van der Waals surface area contributed by atoms with Crippen LogP contribution in [0.3, 0.4) is 0 Å². The lowest BCUT2D eigenvalue weighted by Gasteiger charge is -2.04. The second-order valence-electron chi connectivity index (χ2n) is 4.25. The van der Waals surface area contributed by atoms with Gasteiger partial charge < -0.3 is 9.84 Å². The molecule has 0 spiro atoms. The number of hydrogen-bond acceptors (Lipinski definition) is 4. The number of benzene rings is 1. The van der Waals surface area contributed by atoms with Crippen molar-refractivity contribution in [3.05, 3.63) is 64.4 Å². The van der Waals surface area contributed by atoms with E-state index in [1.54, 1.807) is 17.5 Å². The quantitative estimate of drug-likeness (QED) is 0.656. The average Bonchev–Trinajstić information content (AvgIpc) is 3.00. The number of carbonyl (C=O) groups is 2. The fraction of sp³-hybridized carbons (Fsp3) is 0.125. The molecule has 0 amide bonds. The van der Waals surface area contributed by atoms with E-state index in [0.717, 1.165) is 5.56 Å². The van der Waals surface area contributed by atoms with Gasteiger partial charge >= 0.3 is 11.9 Å². The predicted octanol–water partition coefficient (Wildman–Crippen LogP) is 3.35. The number of thiophene rings is 1. The average molecular weight is 302 g/mol. The van der Waals surface area contributed by atoms with E-state index in [1.165, 1.54) is 17.4 Å². The molecule has 0 aliphatic carbocycles. The molecule has 4 nitrogen and oxygen atoms in total. The molecule has 2 aromatic rings. The highest BCUT2D eigenvalue weighted by Gasteiger charge is 2.12. The van der Waals surface area contributed by atoms with Crippen LogP contribution in [0.5, 0.6) is 0 Å². The van der Waals surface area contributed by atoms with Crippen LogP contribution < -0.4 is 0 Å². The van der Waals surface area contributed by atoms with Gasteiger partial charge in [-0.2, -0.15) is 0 Å². The summed E-state index contributed by atoms with van der Waals surface area (Å²) in [5, 5.41) is 10.9. The van der Waals surface area contributed by atoms with Gasteiger partial charge in [-0.15, -0.1) is 11.3 Å². The van der Waals surface area contributed by atoms with E-state index >= 15 is 0 Å². The van der Waals surface area contributed by atoms with Crippen LogP contribution in [0.4, 0.5) is 0 Å². The third kappa shape index (κ3) is 4.57. The predicted molar refractivity (Wildman–Crippen MR) is 80.8 cm³/mol. The molecule has 1 N–H and O–H groups in total. The number of rotatable bonds is 6. The van der Waals surface area contributed by atoms with Crippen molar-refractivity contribution in [2.75, 3.05) is 0 Å². The fourth-order valence-electron chi connectivity index (χ4n) is 1.71. The first kappa shape index (κ1) is 15.0. The van der Waals surface area contributed by atoms with Crippen molar-refractivity contribution in [3.8, 4) is 0 Å². The monoisotopic (exact) mass is 302 g/mol. The molecule has 0 saturated heterocycles. The van der Waals surface area contributed by atoms with E-state index < -0.39 is 11.9 Å². The summed E-state index contributed by atoms with van der Waals surface area (Å²) in [5.41, 5.74) is 1.02. The van der Waals surface area contributed by atoms with E-state index in [4.69, 9.17) is 9.84 Å². The lowest BCUT2D eigenvalue weighted by atomic mass is 10.2. The molecule has 0 bridgehead atoms. The fourth-order valence-corrected chi connectivity index (χ4v) is 2.47.